The summed E-state index contributed by atoms with van der Waals surface area (Å²) in [4.78, 5) is 31.1. The lowest BCUT2D eigenvalue weighted by molar-refractivity contribution is -0.384. The number of benzene rings is 1. The minimum atomic E-state index is -1.28. The van der Waals surface area contributed by atoms with Gasteiger partial charge in [0.15, 0.2) is 0 Å². The van der Waals surface area contributed by atoms with Crippen molar-refractivity contribution in [2.24, 2.45) is 0 Å². The average molecular weight is 239 g/mol. The highest BCUT2D eigenvalue weighted by atomic mass is 16.6. The van der Waals surface area contributed by atoms with E-state index in [0.29, 0.717) is 0 Å². The van der Waals surface area contributed by atoms with E-state index in [-0.39, 0.29) is 11.3 Å². The van der Waals surface area contributed by atoms with Crippen molar-refractivity contribution in [3.63, 3.8) is 0 Å². The van der Waals surface area contributed by atoms with Crippen LogP contribution in [0.2, 0.25) is 0 Å². The Morgan fingerprint density at radius 3 is 2.12 bits per heavy atom. The van der Waals surface area contributed by atoms with Gasteiger partial charge in [-0.15, -0.1) is 0 Å². The summed E-state index contributed by atoms with van der Waals surface area (Å²) in [5.74, 6) is -3.72. The molecule has 0 heterocycles. The number of carboxylic acid groups (broad SMARTS) is 2. The molecule has 7 heteroatoms. The molecule has 17 heavy (non-hydrogen) atoms. The zero-order chi connectivity index (χ0) is 13.0. The second-order valence-corrected chi connectivity index (χ2v) is 3.34. The van der Waals surface area contributed by atoms with E-state index in [1.54, 1.807) is 0 Å². The van der Waals surface area contributed by atoms with Crippen molar-refractivity contribution in [2.45, 2.75) is 12.3 Å². The summed E-state index contributed by atoms with van der Waals surface area (Å²) in [6, 6.07) is 4.79. The molecule has 7 nitrogen and oxygen atoms in total. The van der Waals surface area contributed by atoms with Crippen molar-refractivity contribution < 1.29 is 24.7 Å². The van der Waals surface area contributed by atoms with Crippen molar-refractivity contribution in [1.29, 1.82) is 0 Å². The summed E-state index contributed by atoms with van der Waals surface area (Å²) >= 11 is 0. The molecule has 0 bridgehead atoms. The van der Waals surface area contributed by atoms with Crippen molar-refractivity contribution >= 4 is 17.6 Å². The maximum absolute atomic E-state index is 10.9. The Balaban J connectivity index is 2.99. The molecule has 1 rings (SSSR count). The lowest BCUT2D eigenvalue weighted by Crippen LogP contribution is -2.15. The van der Waals surface area contributed by atoms with Crippen LogP contribution in [0, 0.1) is 10.1 Å². The SMILES string of the molecule is O=C(O)C[C@@H](C(=O)O)c1ccc([N+](=O)[O-])cc1. The molecule has 0 aliphatic rings. The van der Waals surface area contributed by atoms with Crippen molar-refractivity contribution in [3.8, 4) is 0 Å². The second kappa shape index (κ2) is 5.06. The van der Waals surface area contributed by atoms with E-state index in [4.69, 9.17) is 10.2 Å². The molecular weight excluding hydrogens is 230 g/mol. The van der Waals surface area contributed by atoms with Gasteiger partial charge < -0.3 is 10.2 Å². The zero-order valence-corrected chi connectivity index (χ0v) is 8.57. The minimum Gasteiger partial charge on any atom is -0.481 e. The lowest BCUT2D eigenvalue weighted by Gasteiger charge is -2.09. The fourth-order valence-corrected chi connectivity index (χ4v) is 1.35. The normalized spacial score (nSPS) is 11.8. The molecule has 0 amide bonds. The van der Waals surface area contributed by atoms with Crippen molar-refractivity contribution in [3.05, 3.63) is 39.9 Å². The molecule has 0 saturated heterocycles. The molecule has 0 saturated carbocycles. The van der Waals surface area contributed by atoms with Crippen LogP contribution < -0.4 is 0 Å². The van der Waals surface area contributed by atoms with Gasteiger partial charge in [0.25, 0.3) is 5.69 Å². The molecule has 1 aromatic carbocycles. The first-order valence-corrected chi connectivity index (χ1v) is 4.60. The summed E-state index contributed by atoms with van der Waals surface area (Å²) in [6.45, 7) is 0. The van der Waals surface area contributed by atoms with Gasteiger partial charge in [-0.05, 0) is 5.56 Å². The highest BCUT2D eigenvalue weighted by Gasteiger charge is 2.23. The number of aliphatic carboxylic acids is 2. The van der Waals surface area contributed by atoms with E-state index in [1.807, 2.05) is 0 Å². The Hall–Kier alpha value is -2.44. The van der Waals surface area contributed by atoms with Crippen LogP contribution in [0.3, 0.4) is 0 Å². The zero-order valence-electron chi connectivity index (χ0n) is 8.57. The number of nitro benzene ring substituents is 1. The Morgan fingerprint density at radius 1 is 1.24 bits per heavy atom. The number of carbonyl (C=O) groups is 2. The third kappa shape index (κ3) is 3.26. The standard InChI is InChI=1S/C10H9NO6/c12-9(13)5-8(10(14)15)6-1-3-7(4-2-6)11(16)17/h1-4,8H,5H2,(H,12,13)(H,14,15)/t8-/m1/s1. The lowest BCUT2D eigenvalue weighted by atomic mass is 9.96. The number of rotatable bonds is 5. The topological polar surface area (TPSA) is 118 Å². The molecule has 0 aliphatic carbocycles. The maximum Gasteiger partial charge on any atom is 0.311 e. The summed E-state index contributed by atoms with van der Waals surface area (Å²) in [6.07, 6.45) is -0.562. The minimum absolute atomic E-state index is 0.173. The van der Waals surface area contributed by atoms with Gasteiger partial charge >= 0.3 is 11.9 Å². The maximum atomic E-state index is 10.9. The van der Waals surface area contributed by atoms with E-state index >= 15 is 0 Å². The van der Waals surface area contributed by atoms with Crippen LogP contribution in [0.15, 0.2) is 24.3 Å². The van der Waals surface area contributed by atoms with Crippen molar-refractivity contribution in [1.82, 2.24) is 0 Å². The molecule has 0 aromatic heterocycles. The number of nitrogens with zero attached hydrogens (tertiary/aromatic N) is 1. The van der Waals surface area contributed by atoms with Crippen LogP contribution in [0.25, 0.3) is 0 Å². The van der Waals surface area contributed by atoms with E-state index in [2.05, 4.69) is 0 Å². The third-order valence-electron chi connectivity index (χ3n) is 2.18. The first-order valence-electron chi connectivity index (χ1n) is 4.60. The van der Waals surface area contributed by atoms with E-state index in [0.717, 1.165) is 12.1 Å². The fraction of sp³-hybridized carbons (Fsp3) is 0.200. The van der Waals surface area contributed by atoms with E-state index < -0.39 is 29.2 Å². The molecule has 1 aromatic rings. The van der Waals surface area contributed by atoms with Gasteiger partial charge in [-0.3, -0.25) is 19.7 Å². The average Bonchev–Trinajstić information content (AvgIpc) is 2.25. The number of nitro groups is 1. The summed E-state index contributed by atoms with van der Waals surface area (Å²) in [5.41, 5.74) is 0.0544. The molecule has 0 aliphatic heterocycles. The van der Waals surface area contributed by atoms with Crippen LogP contribution in [0.4, 0.5) is 5.69 Å². The van der Waals surface area contributed by atoms with E-state index in [1.165, 1.54) is 12.1 Å². The summed E-state index contributed by atoms with van der Waals surface area (Å²) in [7, 11) is 0. The number of non-ortho nitro benzene ring substituents is 1. The van der Waals surface area contributed by atoms with Gasteiger partial charge in [0.1, 0.15) is 0 Å². The van der Waals surface area contributed by atoms with Gasteiger partial charge in [0, 0.05) is 12.1 Å². The molecule has 0 spiro atoms. The highest BCUT2D eigenvalue weighted by molar-refractivity contribution is 5.82. The molecule has 1 atom stereocenters. The Labute approximate surface area is 95.5 Å². The smallest absolute Gasteiger partial charge is 0.311 e. The van der Waals surface area contributed by atoms with Crippen LogP contribution >= 0.6 is 0 Å². The molecule has 2 N–H and O–H groups in total. The predicted molar refractivity (Wildman–Crippen MR) is 55.7 cm³/mol. The molecular formula is C10H9NO6. The van der Waals surface area contributed by atoms with E-state index in [9.17, 15) is 19.7 Å². The van der Waals surface area contributed by atoms with Crippen LogP contribution in [-0.2, 0) is 9.59 Å². The summed E-state index contributed by atoms with van der Waals surface area (Å²) in [5, 5.41) is 27.8. The second-order valence-electron chi connectivity index (χ2n) is 3.34. The van der Waals surface area contributed by atoms with Gasteiger partial charge in [-0.1, -0.05) is 12.1 Å². The first-order chi connectivity index (χ1) is 7.91. The molecule has 0 fully saturated rings. The third-order valence-corrected chi connectivity index (χ3v) is 2.18. The molecule has 90 valence electrons. The van der Waals surface area contributed by atoms with Gasteiger partial charge in [0.2, 0.25) is 0 Å². The van der Waals surface area contributed by atoms with Crippen LogP contribution in [0.1, 0.15) is 17.9 Å². The summed E-state index contributed by atoms with van der Waals surface area (Å²) < 4.78 is 0. The number of hydrogen-bond donors (Lipinski definition) is 2. The van der Waals surface area contributed by atoms with Crippen LogP contribution in [0.5, 0.6) is 0 Å². The Kier molecular flexibility index (Phi) is 3.76. The van der Waals surface area contributed by atoms with Gasteiger partial charge in [0.05, 0.1) is 17.3 Å². The Bertz CT molecular complexity index is 452. The monoisotopic (exact) mass is 239 g/mol. The molecule has 0 unspecified atom stereocenters. The quantitative estimate of drug-likeness (QED) is 0.589. The van der Waals surface area contributed by atoms with Gasteiger partial charge in [-0.2, -0.15) is 0 Å². The van der Waals surface area contributed by atoms with Crippen molar-refractivity contribution in [2.75, 3.05) is 0 Å². The number of hydrogen-bond acceptors (Lipinski definition) is 4. The largest absolute Gasteiger partial charge is 0.481 e. The van der Waals surface area contributed by atoms with Crippen LogP contribution in [-0.4, -0.2) is 27.1 Å². The predicted octanol–water partition coefficient (Wildman–Crippen LogP) is 1.24. The first kappa shape index (κ1) is 12.6. The fourth-order valence-electron chi connectivity index (χ4n) is 1.35. The Morgan fingerprint density at radius 2 is 1.76 bits per heavy atom. The number of carboxylic acids is 2. The highest BCUT2D eigenvalue weighted by Crippen LogP contribution is 2.22. The molecule has 0 radical (unpaired) electrons. The van der Waals surface area contributed by atoms with Gasteiger partial charge in [-0.25, -0.2) is 0 Å².